The van der Waals surface area contributed by atoms with Crippen LogP contribution < -0.4 is 9.47 Å². The fraction of sp³-hybridized carbons (Fsp3) is 0.143. The molecule has 5 heteroatoms. The monoisotopic (exact) mass is 259 g/mol. The summed E-state index contributed by atoms with van der Waals surface area (Å²) in [6.45, 7) is 1.74. The summed E-state index contributed by atoms with van der Waals surface area (Å²) in [7, 11) is 1.57. The molecule has 5 nitrogen and oxygen atoms in total. The van der Waals surface area contributed by atoms with Crippen molar-refractivity contribution in [2.75, 3.05) is 7.11 Å². The molecule has 0 aliphatic heterocycles. The van der Waals surface area contributed by atoms with Gasteiger partial charge in [-0.15, -0.1) is 0 Å². The minimum atomic E-state index is -1.01. The Balaban J connectivity index is 2.25. The maximum absolute atomic E-state index is 10.8. The van der Waals surface area contributed by atoms with Crippen LogP contribution in [0.3, 0.4) is 0 Å². The van der Waals surface area contributed by atoms with Crippen LogP contribution in [-0.4, -0.2) is 23.2 Å². The first-order chi connectivity index (χ1) is 9.10. The van der Waals surface area contributed by atoms with Crippen LogP contribution in [0.15, 0.2) is 36.5 Å². The lowest BCUT2D eigenvalue weighted by molar-refractivity contribution is 0.0696. The quantitative estimate of drug-likeness (QED) is 0.914. The molecule has 0 saturated heterocycles. The molecule has 1 heterocycles. The van der Waals surface area contributed by atoms with Crippen molar-refractivity contribution >= 4 is 5.97 Å². The van der Waals surface area contributed by atoms with Crippen molar-refractivity contribution in [1.29, 1.82) is 0 Å². The van der Waals surface area contributed by atoms with Crippen LogP contribution in [0.2, 0.25) is 0 Å². The van der Waals surface area contributed by atoms with Crippen molar-refractivity contribution in [3.05, 3.63) is 47.7 Å². The van der Waals surface area contributed by atoms with Gasteiger partial charge in [0.15, 0.2) is 0 Å². The van der Waals surface area contributed by atoms with E-state index in [2.05, 4.69) is 4.98 Å². The summed E-state index contributed by atoms with van der Waals surface area (Å²) in [6.07, 6.45) is 1.27. The Kier molecular flexibility index (Phi) is 3.66. The molecule has 1 aromatic heterocycles. The van der Waals surface area contributed by atoms with Crippen molar-refractivity contribution in [2.45, 2.75) is 6.92 Å². The van der Waals surface area contributed by atoms with Gasteiger partial charge in [0.2, 0.25) is 5.88 Å². The van der Waals surface area contributed by atoms with E-state index in [1.165, 1.54) is 12.3 Å². The highest BCUT2D eigenvalue weighted by Crippen LogP contribution is 2.26. The standard InChI is InChI=1S/C14H13NO4/c1-9-6-10(14(16)17)8-15-13(9)19-12-5-3-4-11(7-12)18-2/h3-8H,1-2H3,(H,16,17). The van der Waals surface area contributed by atoms with Gasteiger partial charge in [0.1, 0.15) is 11.5 Å². The van der Waals surface area contributed by atoms with Gasteiger partial charge >= 0.3 is 5.97 Å². The lowest BCUT2D eigenvalue weighted by Gasteiger charge is -2.09. The molecule has 1 aromatic carbocycles. The fourth-order valence-electron chi connectivity index (χ4n) is 1.56. The first kappa shape index (κ1) is 12.9. The Morgan fingerprint density at radius 1 is 1.26 bits per heavy atom. The first-order valence-electron chi connectivity index (χ1n) is 5.62. The molecule has 0 unspecified atom stereocenters. The number of carboxylic acid groups (broad SMARTS) is 1. The number of aromatic nitrogens is 1. The number of nitrogens with zero attached hydrogens (tertiary/aromatic N) is 1. The zero-order valence-corrected chi connectivity index (χ0v) is 10.6. The Morgan fingerprint density at radius 3 is 2.63 bits per heavy atom. The summed E-state index contributed by atoms with van der Waals surface area (Å²) >= 11 is 0. The number of rotatable bonds is 4. The number of carboxylic acids is 1. The van der Waals surface area contributed by atoms with Gasteiger partial charge in [0.05, 0.1) is 12.7 Å². The summed E-state index contributed by atoms with van der Waals surface area (Å²) in [4.78, 5) is 14.8. The maximum atomic E-state index is 10.8. The average Bonchev–Trinajstić information content (AvgIpc) is 2.41. The van der Waals surface area contributed by atoms with E-state index in [1.54, 1.807) is 38.3 Å². The fourth-order valence-corrected chi connectivity index (χ4v) is 1.56. The highest BCUT2D eigenvalue weighted by atomic mass is 16.5. The number of methoxy groups -OCH3 is 1. The molecule has 2 rings (SSSR count). The van der Waals surface area contributed by atoms with Crippen LogP contribution >= 0.6 is 0 Å². The average molecular weight is 259 g/mol. The predicted molar refractivity (Wildman–Crippen MR) is 69.0 cm³/mol. The third-order valence-electron chi connectivity index (χ3n) is 2.53. The molecule has 0 aliphatic carbocycles. The van der Waals surface area contributed by atoms with E-state index < -0.39 is 5.97 Å². The third-order valence-corrected chi connectivity index (χ3v) is 2.53. The Labute approximate surface area is 110 Å². The molecule has 0 radical (unpaired) electrons. The van der Waals surface area contributed by atoms with Crippen molar-refractivity contribution in [2.24, 2.45) is 0 Å². The summed E-state index contributed by atoms with van der Waals surface area (Å²) in [5, 5.41) is 8.86. The number of benzene rings is 1. The summed E-state index contributed by atoms with van der Waals surface area (Å²) < 4.78 is 10.7. The molecular weight excluding hydrogens is 246 g/mol. The van der Waals surface area contributed by atoms with Gasteiger partial charge in [0.25, 0.3) is 0 Å². The molecular formula is C14H13NO4. The molecule has 98 valence electrons. The molecule has 0 atom stereocenters. The molecule has 2 aromatic rings. The third kappa shape index (κ3) is 3.01. The van der Waals surface area contributed by atoms with E-state index in [0.29, 0.717) is 22.9 Å². The van der Waals surface area contributed by atoms with E-state index in [0.717, 1.165) is 0 Å². The minimum absolute atomic E-state index is 0.135. The number of aromatic carboxylic acids is 1. The van der Waals surface area contributed by atoms with Crippen molar-refractivity contribution < 1.29 is 19.4 Å². The second-order valence-electron chi connectivity index (χ2n) is 3.93. The van der Waals surface area contributed by atoms with Gasteiger partial charge in [-0.3, -0.25) is 0 Å². The maximum Gasteiger partial charge on any atom is 0.337 e. The molecule has 0 amide bonds. The van der Waals surface area contributed by atoms with E-state index in [4.69, 9.17) is 14.6 Å². The zero-order valence-electron chi connectivity index (χ0n) is 10.6. The second kappa shape index (κ2) is 5.39. The molecule has 0 bridgehead atoms. The molecule has 0 saturated carbocycles. The lowest BCUT2D eigenvalue weighted by Crippen LogP contribution is -2.00. The summed E-state index contributed by atoms with van der Waals surface area (Å²) in [6, 6.07) is 8.63. The number of pyridine rings is 1. The molecule has 0 aliphatic rings. The van der Waals surface area contributed by atoms with Crippen molar-refractivity contribution in [1.82, 2.24) is 4.98 Å². The smallest absolute Gasteiger partial charge is 0.337 e. The Morgan fingerprint density at radius 2 is 2.00 bits per heavy atom. The van der Waals surface area contributed by atoms with E-state index in [9.17, 15) is 4.79 Å². The molecule has 1 N–H and O–H groups in total. The van der Waals surface area contributed by atoms with Crippen LogP contribution in [0, 0.1) is 6.92 Å². The topological polar surface area (TPSA) is 68.7 Å². The lowest BCUT2D eigenvalue weighted by atomic mass is 10.2. The van der Waals surface area contributed by atoms with Gasteiger partial charge in [-0.1, -0.05) is 6.07 Å². The normalized spacial score (nSPS) is 10.0. The van der Waals surface area contributed by atoms with Gasteiger partial charge in [-0.05, 0) is 25.1 Å². The van der Waals surface area contributed by atoms with Crippen LogP contribution in [0.4, 0.5) is 0 Å². The van der Waals surface area contributed by atoms with Crippen LogP contribution in [-0.2, 0) is 0 Å². The Hall–Kier alpha value is -2.56. The van der Waals surface area contributed by atoms with Gasteiger partial charge < -0.3 is 14.6 Å². The van der Waals surface area contributed by atoms with Crippen LogP contribution in [0.5, 0.6) is 17.4 Å². The van der Waals surface area contributed by atoms with E-state index in [1.807, 2.05) is 0 Å². The van der Waals surface area contributed by atoms with Crippen molar-refractivity contribution in [3.63, 3.8) is 0 Å². The van der Waals surface area contributed by atoms with Crippen LogP contribution in [0.1, 0.15) is 15.9 Å². The van der Waals surface area contributed by atoms with E-state index >= 15 is 0 Å². The highest BCUT2D eigenvalue weighted by Gasteiger charge is 2.09. The molecule has 19 heavy (non-hydrogen) atoms. The highest BCUT2D eigenvalue weighted by molar-refractivity contribution is 5.87. The van der Waals surface area contributed by atoms with Crippen molar-refractivity contribution in [3.8, 4) is 17.4 Å². The number of carbonyl (C=O) groups is 1. The zero-order chi connectivity index (χ0) is 13.8. The molecule has 0 fully saturated rings. The van der Waals surface area contributed by atoms with Gasteiger partial charge in [-0.2, -0.15) is 0 Å². The second-order valence-corrected chi connectivity index (χ2v) is 3.93. The predicted octanol–water partition coefficient (Wildman–Crippen LogP) is 2.89. The largest absolute Gasteiger partial charge is 0.497 e. The van der Waals surface area contributed by atoms with E-state index in [-0.39, 0.29) is 5.56 Å². The number of aryl methyl sites for hydroxylation is 1. The minimum Gasteiger partial charge on any atom is -0.497 e. The van der Waals surface area contributed by atoms with Gasteiger partial charge in [0, 0.05) is 17.8 Å². The number of hydrogen-bond acceptors (Lipinski definition) is 4. The first-order valence-corrected chi connectivity index (χ1v) is 5.62. The summed E-state index contributed by atoms with van der Waals surface area (Å²) in [5.74, 6) is 0.622. The number of ether oxygens (including phenoxy) is 2. The SMILES string of the molecule is COc1cccc(Oc2ncc(C(=O)O)cc2C)c1. The Bertz CT molecular complexity index is 610. The van der Waals surface area contributed by atoms with Gasteiger partial charge in [-0.25, -0.2) is 9.78 Å². The summed E-state index contributed by atoms with van der Waals surface area (Å²) in [5.41, 5.74) is 0.790. The molecule has 0 spiro atoms. The van der Waals surface area contributed by atoms with Crippen LogP contribution in [0.25, 0.3) is 0 Å². The number of hydrogen-bond donors (Lipinski definition) is 1.